The van der Waals surface area contributed by atoms with Crippen LogP contribution in [0, 0.1) is 11.3 Å². The molecular weight excluding hydrogens is 206 g/mol. The van der Waals surface area contributed by atoms with E-state index >= 15 is 0 Å². The number of esters is 1. The van der Waals surface area contributed by atoms with Gasteiger partial charge < -0.3 is 4.74 Å². The molecule has 0 bridgehead atoms. The van der Waals surface area contributed by atoms with Crippen molar-refractivity contribution in [1.82, 2.24) is 0 Å². The lowest BCUT2D eigenvalue weighted by Gasteiger charge is -2.07. The van der Waals surface area contributed by atoms with E-state index in [2.05, 4.69) is 4.74 Å². The van der Waals surface area contributed by atoms with Gasteiger partial charge in [-0.1, -0.05) is 6.92 Å². The molecule has 0 heterocycles. The van der Waals surface area contributed by atoms with Crippen molar-refractivity contribution in [3.05, 3.63) is 34.4 Å². The van der Waals surface area contributed by atoms with Crippen molar-refractivity contribution in [3.63, 3.8) is 0 Å². The quantitative estimate of drug-likeness (QED) is 0.571. The fourth-order valence-corrected chi connectivity index (χ4v) is 1.45. The van der Waals surface area contributed by atoms with Gasteiger partial charge in [0.05, 0.1) is 24.3 Å². The zero-order chi connectivity index (χ0) is 12.1. The topological polar surface area (TPSA) is 67.2 Å². The van der Waals surface area contributed by atoms with Gasteiger partial charge in [0, 0.05) is 5.56 Å². The van der Waals surface area contributed by atoms with Crippen LogP contribution in [0.2, 0.25) is 0 Å². The van der Waals surface area contributed by atoms with Crippen LogP contribution < -0.4 is 0 Å². The van der Waals surface area contributed by atoms with Crippen molar-refractivity contribution < 1.29 is 14.3 Å². The molecule has 0 unspecified atom stereocenters. The van der Waals surface area contributed by atoms with E-state index in [1.807, 2.05) is 13.0 Å². The van der Waals surface area contributed by atoms with Crippen molar-refractivity contribution >= 4 is 12.3 Å². The highest BCUT2D eigenvalue weighted by Crippen LogP contribution is 2.17. The zero-order valence-electron chi connectivity index (χ0n) is 9.11. The average Bonchev–Trinajstić information content (AvgIpc) is 2.35. The Kier molecular flexibility index (Phi) is 3.78. The SMILES string of the molecule is CCc1cc(C#N)c(C=O)cc1C(=O)OC. The second-order valence-corrected chi connectivity index (χ2v) is 3.17. The molecule has 0 aromatic heterocycles. The van der Waals surface area contributed by atoms with Crippen molar-refractivity contribution in [2.24, 2.45) is 0 Å². The maximum absolute atomic E-state index is 11.4. The van der Waals surface area contributed by atoms with Gasteiger partial charge in [-0.25, -0.2) is 4.79 Å². The molecule has 1 aromatic rings. The van der Waals surface area contributed by atoms with E-state index in [0.717, 1.165) is 0 Å². The Morgan fingerprint density at radius 1 is 1.56 bits per heavy atom. The summed E-state index contributed by atoms with van der Waals surface area (Å²) in [5.41, 5.74) is 1.53. The van der Waals surface area contributed by atoms with Crippen LogP contribution >= 0.6 is 0 Å². The third-order valence-electron chi connectivity index (χ3n) is 2.31. The number of nitrogens with zero attached hydrogens (tertiary/aromatic N) is 1. The molecule has 0 saturated carbocycles. The van der Waals surface area contributed by atoms with Gasteiger partial charge in [0.2, 0.25) is 0 Å². The van der Waals surface area contributed by atoms with Crippen molar-refractivity contribution in [3.8, 4) is 6.07 Å². The number of methoxy groups -OCH3 is 1. The number of aldehydes is 1. The molecule has 0 aliphatic rings. The third-order valence-corrected chi connectivity index (χ3v) is 2.31. The molecule has 16 heavy (non-hydrogen) atoms. The first-order chi connectivity index (χ1) is 7.67. The van der Waals surface area contributed by atoms with Gasteiger partial charge in [-0.3, -0.25) is 4.79 Å². The molecule has 0 atom stereocenters. The molecule has 0 N–H and O–H groups in total. The van der Waals surface area contributed by atoms with E-state index in [0.29, 0.717) is 23.8 Å². The second kappa shape index (κ2) is 5.08. The number of aryl methyl sites for hydroxylation is 1. The number of rotatable bonds is 3. The molecular formula is C12H11NO3. The number of benzene rings is 1. The normalized spacial score (nSPS) is 9.31. The van der Waals surface area contributed by atoms with E-state index in [-0.39, 0.29) is 11.1 Å². The first-order valence-electron chi connectivity index (χ1n) is 4.78. The van der Waals surface area contributed by atoms with Crippen LogP contribution in [0.5, 0.6) is 0 Å². The van der Waals surface area contributed by atoms with Crippen LogP contribution in [0.1, 0.15) is 38.8 Å². The minimum absolute atomic E-state index is 0.208. The van der Waals surface area contributed by atoms with Crippen LogP contribution in [0.15, 0.2) is 12.1 Å². The van der Waals surface area contributed by atoms with Crippen molar-refractivity contribution in [2.75, 3.05) is 7.11 Å². The fourth-order valence-electron chi connectivity index (χ4n) is 1.45. The standard InChI is InChI=1S/C12H11NO3/c1-3-8-4-9(6-13)10(7-14)5-11(8)12(15)16-2/h4-5,7H,3H2,1-2H3. The molecule has 4 nitrogen and oxygen atoms in total. The Hall–Kier alpha value is -2.15. The van der Waals surface area contributed by atoms with Gasteiger partial charge in [-0.2, -0.15) is 5.26 Å². The van der Waals surface area contributed by atoms with Gasteiger partial charge in [-0.05, 0) is 24.1 Å². The first-order valence-corrected chi connectivity index (χ1v) is 4.78. The number of carbonyl (C=O) groups is 2. The molecule has 0 radical (unpaired) electrons. The number of hydrogen-bond donors (Lipinski definition) is 0. The number of ether oxygens (including phenoxy) is 1. The molecule has 0 amide bonds. The summed E-state index contributed by atoms with van der Waals surface area (Å²) in [5, 5.41) is 8.83. The summed E-state index contributed by atoms with van der Waals surface area (Å²) in [7, 11) is 1.28. The predicted molar refractivity (Wildman–Crippen MR) is 57.3 cm³/mol. The van der Waals surface area contributed by atoms with Crippen LogP contribution in [0.3, 0.4) is 0 Å². The molecule has 1 aromatic carbocycles. The van der Waals surface area contributed by atoms with Crippen molar-refractivity contribution in [1.29, 1.82) is 5.26 Å². The van der Waals surface area contributed by atoms with Gasteiger partial charge in [0.15, 0.2) is 6.29 Å². The Labute approximate surface area is 93.5 Å². The highest BCUT2D eigenvalue weighted by atomic mass is 16.5. The second-order valence-electron chi connectivity index (χ2n) is 3.17. The van der Waals surface area contributed by atoms with E-state index < -0.39 is 5.97 Å². The van der Waals surface area contributed by atoms with E-state index in [1.165, 1.54) is 13.2 Å². The lowest BCUT2D eigenvalue weighted by molar-refractivity contribution is 0.0599. The Bertz CT molecular complexity index is 472. The minimum atomic E-state index is -0.496. The van der Waals surface area contributed by atoms with Gasteiger partial charge in [0.1, 0.15) is 0 Å². The number of hydrogen-bond acceptors (Lipinski definition) is 4. The highest BCUT2D eigenvalue weighted by molar-refractivity contribution is 5.94. The minimum Gasteiger partial charge on any atom is -0.465 e. The zero-order valence-corrected chi connectivity index (χ0v) is 9.11. The van der Waals surface area contributed by atoms with Gasteiger partial charge in [-0.15, -0.1) is 0 Å². The maximum Gasteiger partial charge on any atom is 0.338 e. The average molecular weight is 217 g/mol. The van der Waals surface area contributed by atoms with Gasteiger partial charge in [0.25, 0.3) is 0 Å². The van der Waals surface area contributed by atoms with Gasteiger partial charge >= 0.3 is 5.97 Å². The van der Waals surface area contributed by atoms with E-state index in [4.69, 9.17) is 5.26 Å². The first kappa shape index (κ1) is 11.9. The highest BCUT2D eigenvalue weighted by Gasteiger charge is 2.14. The third kappa shape index (κ3) is 2.09. The number of carbonyl (C=O) groups excluding carboxylic acids is 2. The van der Waals surface area contributed by atoms with E-state index in [1.54, 1.807) is 6.07 Å². The Morgan fingerprint density at radius 3 is 2.69 bits per heavy atom. The summed E-state index contributed by atoms with van der Waals surface area (Å²) in [4.78, 5) is 22.2. The summed E-state index contributed by atoms with van der Waals surface area (Å²) in [6.45, 7) is 1.86. The Morgan fingerprint density at radius 2 is 2.25 bits per heavy atom. The van der Waals surface area contributed by atoms with Crippen LogP contribution in [0.25, 0.3) is 0 Å². The largest absolute Gasteiger partial charge is 0.465 e. The summed E-state index contributed by atoms with van der Waals surface area (Å²) in [6, 6.07) is 4.87. The number of nitriles is 1. The lowest BCUT2D eigenvalue weighted by atomic mass is 9.98. The lowest BCUT2D eigenvalue weighted by Crippen LogP contribution is -2.07. The summed E-state index contributed by atoms with van der Waals surface area (Å²) >= 11 is 0. The van der Waals surface area contributed by atoms with Crippen LogP contribution in [-0.2, 0) is 11.2 Å². The molecule has 0 fully saturated rings. The van der Waals surface area contributed by atoms with Crippen LogP contribution in [-0.4, -0.2) is 19.4 Å². The summed E-state index contributed by atoms with van der Waals surface area (Å²) in [5.74, 6) is -0.496. The molecule has 4 heteroatoms. The molecule has 0 spiro atoms. The Balaban J connectivity index is 3.44. The predicted octanol–water partition coefficient (Wildman–Crippen LogP) is 1.72. The molecule has 0 saturated heterocycles. The van der Waals surface area contributed by atoms with Crippen molar-refractivity contribution in [2.45, 2.75) is 13.3 Å². The van der Waals surface area contributed by atoms with E-state index in [9.17, 15) is 9.59 Å². The fraction of sp³-hybridized carbons (Fsp3) is 0.250. The summed E-state index contributed by atoms with van der Waals surface area (Å²) < 4.78 is 4.61. The maximum atomic E-state index is 11.4. The monoisotopic (exact) mass is 217 g/mol. The molecule has 1 rings (SSSR count). The molecule has 82 valence electrons. The van der Waals surface area contributed by atoms with Crippen LogP contribution in [0.4, 0.5) is 0 Å². The molecule has 0 aliphatic heterocycles. The summed E-state index contributed by atoms with van der Waals surface area (Å²) in [6.07, 6.45) is 1.16. The molecule has 0 aliphatic carbocycles. The smallest absolute Gasteiger partial charge is 0.338 e.